The summed E-state index contributed by atoms with van der Waals surface area (Å²) < 4.78 is 0. The normalized spacial score (nSPS) is 14.1. The van der Waals surface area contributed by atoms with E-state index in [4.69, 9.17) is 4.99 Å². The van der Waals surface area contributed by atoms with Crippen LogP contribution in [0, 0.1) is 0 Å². The molecule has 0 bridgehead atoms. The third-order valence-electron chi connectivity index (χ3n) is 4.31. The van der Waals surface area contributed by atoms with Gasteiger partial charge in [-0.1, -0.05) is 18.2 Å². The quantitative estimate of drug-likeness (QED) is 0.806. The van der Waals surface area contributed by atoms with Crippen LogP contribution >= 0.6 is 0 Å². The molecule has 1 aromatic carbocycles. The number of benzene rings is 1. The molecule has 0 fully saturated rings. The van der Waals surface area contributed by atoms with E-state index in [1.807, 2.05) is 36.4 Å². The van der Waals surface area contributed by atoms with Crippen molar-refractivity contribution in [3.8, 4) is 0 Å². The second-order valence-corrected chi connectivity index (χ2v) is 5.60. The van der Waals surface area contributed by atoms with E-state index in [1.54, 1.807) is 4.90 Å². The minimum absolute atomic E-state index is 0.00361. The van der Waals surface area contributed by atoms with Crippen molar-refractivity contribution in [2.75, 3.05) is 32.7 Å². The topological polar surface area (TPSA) is 39.1 Å². The summed E-state index contributed by atoms with van der Waals surface area (Å²) in [4.78, 5) is 23.9. The molecule has 0 N–H and O–H groups in total. The van der Waals surface area contributed by atoms with Crippen LogP contribution in [0.1, 0.15) is 38.1 Å². The molecule has 1 heterocycles. The van der Waals surface area contributed by atoms with E-state index >= 15 is 0 Å². The van der Waals surface area contributed by atoms with Gasteiger partial charge in [-0.2, -0.15) is 4.99 Å². The first-order valence-corrected chi connectivity index (χ1v) is 8.81. The van der Waals surface area contributed by atoms with Crippen LogP contribution in [0.4, 0.5) is 0 Å². The Morgan fingerprint density at radius 2 is 1.58 bits per heavy atom. The van der Waals surface area contributed by atoms with E-state index in [0.717, 1.165) is 38.0 Å². The minimum Gasteiger partial charge on any atom is -0.357 e. The Balaban J connectivity index is 2.35. The lowest BCUT2D eigenvalue weighted by Gasteiger charge is -2.35. The molecule has 1 aliphatic heterocycles. The summed E-state index contributed by atoms with van der Waals surface area (Å²) in [5, 5.41) is 0. The van der Waals surface area contributed by atoms with Crippen molar-refractivity contribution >= 4 is 11.9 Å². The van der Waals surface area contributed by atoms with Gasteiger partial charge in [0.15, 0.2) is 0 Å². The van der Waals surface area contributed by atoms with Gasteiger partial charge < -0.3 is 9.80 Å². The second kappa shape index (κ2) is 8.52. The van der Waals surface area contributed by atoms with E-state index < -0.39 is 0 Å². The van der Waals surface area contributed by atoms with Crippen LogP contribution in [-0.4, -0.2) is 59.3 Å². The average molecular weight is 328 g/mol. The fraction of sp³-hybridized carbons (Fsp3) is 0.474. The van der Waals surface area contributed by atoms with Crippen molar-refractivity contribution in [1.29, 1.82) is 0 Å². The molecule has 0 saturated heterocycles. The first-order chi connectivity index (χ1) is 11.7. The molecule has 0 radical (unpaired) electrons. The lowest BCUT2D eigenvalue weighted by atomic mass is 10.2. The maximum atomic E-state index is 12.9. The molecule has 0 spiro atoms. The number of hydrogen-bond donors (Lipinski definition) is 0. The van der Waals surface area contributed by atoms with Crippen LogP contribution in [-0.2, 0) is 0 Å². The van der Waals surface area contributed by atoms with Crippen LogP contribution in [0.15, 0.2) is 47.2 Å². The number of hydrogen-bond acceptors (Lipinski definition) is 4. The fourth-order valence-corrected chi connectivity index (χ4v) is 2.87. The highest BCUT2D eigenvalue weighted by Gasteiger charge is 2.27. The highest BCUT2D eigenvalue weighted by atomic mass is 16.2. The van der Waals surface area contributed by atoms with Crippen molar-refractivity contribution in [3.05, 3.63) is 47.8 Å². The summed E-state index contributed by atoms with van der Waals surface area (Å²) in [6, 6.07) is 9.41. The predicted molar refractivity (Wildman–Crippen MR) is 98.8 cm³/mol. The van der Waals surface area contributed by atoms with E-state index in [1.165, 1.54) is 0 Å². The molecule has 0 saturated carbocycles. The molecule has 24 heavy (non-hydrogen) atoms. The van der Waals surface area contributed by atoms with Gasteiger partial charge in [0.1, 0.15) is 5.82 Å². The SMILES string of the molecule is CCN(CC)C1=CCN(C(=O)c2ccccc2)C(N(CC)CC)=N1. The van der Waals surface area contributed by atoms with Gasteiger partial charge in [-0.15, -0.1) is 0 Å². The van der Waals surface area contributed by atoms with Crippen molar-refractivity contribution in [2.45, 2.75) is 27.7 Å². The van der Waals surface area contributed by atoms with Crippen LogP contribution in [0.5, 0.6) is 0 Å². The summed E-state index contributed by atoms with van der Waals surface area (Å²) in [5.74, 6) is 1.70. The van der Waals surface area contributed by atoms with Gasteiger partial charge in [-0.3, -0.25) is 9.69 Å². The predicted octanol–water partition coefficient (Wildman–Crippen LogP) is 3.02. The van der Waals surface area contributed by atoms with E-state index in [9.17, 15) is 4.79 Å². The highest BCUT2D eigenvalue weighted by Crippen LogP contribution is 2.17. The van der Waals surface area contributed by atoms with Crippen LogP contribution < -0.4 is 0 Å². The smallest absolute Gasteiger partial charge is 0.260 e. The Kier molecular flexibility index (Phi) is 6.41. The number of carbonyl (C=O) groups is 1. The molecule has 1 aliphatic rings. The Bertz CT molecular complexity index is 601. The lowest BCUT2D eigenvalue weighted by Crippen LogP contribution is -2.49. The van der Waals surface area contributed by atoms with Crippen molar-refractivity contribution in [3.63, 3.8) is 0 Å². The Morgan fingerprint density at radius 1 is 1.00 bits per heavy atom. The van der Waals surface area contributed by atoms with Crippen molar-refractivity contribution in [1.82, 2.24) is 14.7 Å². The number of carbonyl (C=O) groups excluding carboxylic acids is 1. The average Bonchev–Trinajstić information content (AvgIpc) is 2.64. The number of amides is 1. The van der Waals surface area contributed by atoms with Gasteiger partial charge in [0.05, 0.1) is 6.54 Å². The summed E-state index contributed by atoms with van der Waals surface area (Å²) in [6.07, 6.45) is 2.04. The second-order valence-electron chi connectivity index (χ2n) is 5.60. The zero-order chi connectivity index (χ0) is 17.5. The Labute approximate surface area is 145 Å². The van der Waals surface area contributed by atoms with Crippen molar-refractivity contribution < 1.29 is 4.79 Å². The van der Waals surface area contributed by atoms with Crippen LogP contribution in [0.25, 0.3) is 0 Å². The molecule has 5 nitrogen and oxygen atoms in total. The van der Waals surface area contributed by atoms with E-state index in [0.29, 0.717) is 12.1 Å². The number of rotatable bonds is 6. The molecule has 0 unspecified atom stereocenters. The molecular formula is C19H28N4O. The van der Waals surface area contributed by atoms with Gasteiger partial charge in [-0.05, 0) is 45.9 Å². The van der Waals surface area contributed by atoms with Gasteiger partial charge in [0.2, 0.25) is 5.96 Å². The summed E-state index contributed by atoms with van der Waals surface area (Å²) >= 11 is 0. The monoisotopic (exact) mass is 328 g/mol. The molecule has 0 atom stereocenters. The molecule has 1 aromatic rings. The van der Waals surface area contributed by atoms with E-state index in [2.05, 4.69) is 37.5 Å². The molecule has 1 amide bonds. The molecular weight excluding hydrogens is 300 g/mol. The molecule has 0 aliphatic carbocycles. The molecule has 0 aromatic heterocycles. The number of nitrogens with zero attached hydrogens (tertiary/aromatic N) is 4. The van der Waals surface area contributed by atoms with Crippen LogP contribution in [0.3, 0.4) is 0 Å². The zero-order valence-electron chi connectivity index (χ0n) is 15.2. The van der Waals surface area contributed by atoms with Gasteiger partial charge >= 0.3 is 0 Å². The van der Waals surface area contributed by atoms with Crippen molar-refractivity contribution in [2.24, 2.45) is 4.99 Å². The summed E-state index contributed by atoms with van der Waals surface area (Å²) in [7, 11) is 0. The standard InChI is InChI=1S/C19H28N4O/c1-5-21(6-2)17-14-15-23(19(20-17)22(7-3)8-4)18(24)16-12-10-9-11-13-16/h9-14H,5-8,15H2,1-4H3. The zero-order valence-corrected chi connectivity index (χ0v) is 15.2. The summed E-state index contributed by atoms with van der Waals surface area (Å²) in [5.41, 5.74) is 0.692. The molecule has 2 rings (SSSR count). The molecule has 130 valence electrons. The fourth-order valence-electron chi connectivity index (χ4n) is 2.87. The first-order valence-electron chi connectivity index (χ1n) is 8.81. The van der Waals surface area contributed by atoms with Gasteiger partial charge in [-0.25, -0.2) is 0 Å². The van der Waals surface area contributed by atoms with Crippen LogP contribution in [0.2, 0.25) is 0 Å². The third kappa shape index (κ3) is 3.78. The largest absolute Gasteiger partial charge is 0.357 e. The van der Waals surface area contributed by atoms with E-state index in [-0.39, 0.29) is 5.91 Å². The maximum absolute atomic E-state index is 12.9. The van der Waals surface area contributed by atoms with Gasteiger partial charge in [0, 0.05) is 31.7 Å². The Hall–Kier alpha value is -2.30. The molecule has 5 heteroatoms. The minimum atomic E-state index is -0.00361. The highest BCUT2D eigenvalue weighted by molar-refractivity contribution is 6.06. The number of aliphatic imine (C=N–C) groups is 1. The summed E-state index contributed by atoms with van der Waals surface area (Å²) in [6.45, 7) is 12.4. The number of guanidine groups is 1. The lowest BCUT2D eigenvalue weighted by molar-refractivity contribution is 0.0839. The Morgan fingerprint density at radius 3 is 2.12 bits per heavy atom. The van der Waals surface area contributed by atoms with Gasteiger partial charge in [0.25, 0.3) is 5.91 Å². The maximum Gasteiger partial charge on any atom is 0.260 e. The third-order valence-corrected chi connectivity index (χ3v) is 4.31. The first kappa shape index (κ1) is 18.0.